The van der Waals surface area contributed by atoms with Crippen LogP contribution in [0.25, 0.3) is 0 Å². The molecule has 0 saturated carbocycles. The number of nitrogens with one attached hydrogen (secondary N) is 2. The summed E-state index contributed by atoms with van der Waals surface area (Å²) in [6.07, 6.45) is 2.35. The van der Waals surface area contributed by atoms with Crippen LogP contribution in [0.5, 0.6) is 0 Å². The number of aliphatic imine (C=N–C) groups is 1. The Kier molecular flexibility index (Phi) is 8.92. The first-order valence-electron chi connectivity index (χ1n) is 9.91. The second kappa shape index (κ2) is 11.2. The van der Waals surface area contributed by atoms with Gasteiger partial charge in [-0.2, -0.15) is 0 Å². The highest BCUT2D eigenvalue weighted by Crippen LogP contribution is 2.12. The number of guanidine groups is 1. The van der Waals surface area contributed by atoms with E-state index in [0.717, 1.165) is 32.2 Å². The second-order valence-electron chi connectivity index (χ2n) is 7.61. The zero-order chi connectivity index (χ0) is 18.8. The fourth-order valence-corrected chi connectivity index (χ4v) is 3.23. The molecule has 5 heteroatoms. The van der Waals surface area contributed by atoms with Crippen LogP contribution in [0.2, 0.25) is 0 Å². The van der Waals surface area contributed by atoms with Gasteiger partial charge in [0.15, 0.2) is 5.96 Å². The fraction of sp³-hybridized carbons (Fsp3) is 0.667. The number of likely N-dealkylation sites (tertiary alicyclic amines) is 1. The number of nitrogens with zero attached hydrogens (tertiary/aromatic N) is 2. The molecule has 1 fully saturated rings. The highest BCUT2D eigenvalue weighted by Gasteiger charge is 2.21. The lowest BCUT2D eigenvalue weighted by atomic mass is 10.0. The Balaban J connectivity index is 1.62. The van der Waals surface area contributed by atoms with Crippen molar-refractivity contribution in [3.63, 3.8) is 0 Å². The highest BCUT2D eigenvalue weighted by molar-refractivity contribution is 5.79. The summed E-state index contributed by atoms with van der Waals surface area (Å²) in [4.78, 5) is 6.92. The quantitative estimate of drug-likeness (QED) is 0.553. The Bertz CT molecular complexity index is 524. The molecule has 5 nitrogen and oxygen atoms in total. The van der Waals surface area contributed by atoms with Gasteiger partial charge in [-0.05, 0) is 38.2 Å². The number of benzene rings is 1. The molecule has 1 aromatic carbocycles. The van der Waals surface area contributed by atoms with Crippen molar-refractivity contribution in [2.75, 3.05) is 33.3 Å². The molecular formula is C21H36N4O. The predicted octanol–water partition coefficient (Wildman–Crippen LogP) is 2.88. The maximum Gasteiger partial charge on any atom is 0.191 e. The molecule has 1 unspecified atom stereocenters. The van der Waals surface area contributed by atoms with Crippen molar-refractivity contribution in [1.82, 2.24) is 15.5 Å². The SMILES string of the molecule is CN=C(NCC(C)COCc1ccccc1)NC1CCN(C(C)C)CC1. The minimum atomic E-state index is 0.431. The van der Waals surface area contributed by atoms with Gasteiger partial charge in [0.05, 0.1) is 13.2 Å². The summed E-state index contributed by atoms with van der Waals surface area (Å²) in [6, 6.07) is 11.5. The van der Waals surface area contributed by atoms with Crippen molar-refractivity contribution in [2.24, 2.45) is 10.9 Å². The van der Waals surface area contributed by atoms with Crippen LogP contribution in [-0.4, -0.2) is 56.2 Å². The molecule has 1 saturated heterocycles. The standard InChI is InChI=1S/C21H36N4O/c1-17(2)25-12-10-20(11-13-25)24-21(22-4)23-14-18(3)15-26-16-19-8-6-5-7-9-19/h5-9,17-18,20H,10-16H2,1-4H3,(H2,22,23,24). The maximum atomic E-state index is 5.83. The van der Waals surface area contributed by atoms with Crippen LogP contribution in [0.3, 0.4) is 0 Å². The number of hydrogen-bond donors (Lipinski definition) is 2. The minimum absolute atomic E-state index is 0.431. The molecule has 1 atom stereocenters. The van der Waals surface area contributed by atoms with Crippen molar-refractivity contribution in [3.05, 3.63) is 35.9 Å². The van der Waals surface area contributed by atoms with Crippen molar-refractivity contribution in [2.45, 2.75) is 52.3 Å². The van der Waals surface area contributed by atoms with E-state index in [0.29, 0.717) is 24.6 Å². The molecule has 2 N–H and O–H groups in total. The molecule has 1 aromatic rings. The van der Waals surface area contributed by atoms with Crippen molar-refractivity contribution >= 4 is 5.96 Å². The van der Waals surface area contributed by atoms with Crippen LogP contribution >= 0.6 is 0 Å². The Morgan fingerprint density at radius 2 is 1.88 bits per heavy atom. The molecule has 0 aromatic heterocycles. The van der Waals surface area contributed by atoms with Crippen LogP contribution in [-0.2, 0) is 11.3 Å². The van der Waals surface area contributed by atoms with Gasteiger partial charge in [0.2, 0.25) is 0 Å². The molecule has 0 bridgehead atoms. The fourth-order valence-electron chi connectivity index (χ4n) is 3.23. The summed E-state index contributed by atoms with van der Waals surface area (Å²) in [6.45, 7) is 11.3. The lowest BCUT2D eigenvalue weighted by Crippen LogP contribution is -2.50. The lowest BCUT2D eigenvalue weighted by molar-refractivity contribution is 0.0930. The van der Waals surface area contributed by atoms with E-state index in [4.69, 9.17) is 4.74 Å². The Morgan fingerprint density at radius 1 is 1.19 bits per heavy atom. The number of ether oxygens (including phenoxy) is 1. The van der Waals surface area contributed by atoms with Gasteiger partial charge in [0.1, 0.15) is 0 Å². The van der Waals surface area contributed by atoms with Crippen LogP contribution in [0.4, 0.5) is 0 Å². The molecule has 0 spiro atoms. The summed E-state index contributed by atoms with van der Waals surface area (Å²) in [5.41, 5.74) is 1.22. The van der Waals surface area contributed by atoms with Crippen molar-refractivity contribution in [3.8, 4) is 0 Å². The van der Waals surface area contributed by atoms with E-state index in [2.05, 4.69) is 53.4 Å². The van der Waals surface area contributed by atoms with Gasteiger partial charge in [0, 0.05) is 38.8 Å². The molecular weight excluding hydrogens is 324 g/mol. The first-order valence-corrected chi connectivity index (χ1v) is 9.91. The third-order valence-electron chi connectivity index (χ3n) is 4.96. The van der Waals surface area contributed by atoms with Gasteiger partial charge in [-0.15, -0.1) is 0 Å². The Labute approximate surface area is 159 Å². The van der Waals surface area contributed by atoms with Gasteiger partial charge in [-0.3, -0.25) is 4.99 Å². The molecule has 1 aliphatic heterocycles. The third kappa shape index (κ3) is 7.34. The summed E-state index contributed by atoms with van der Waals surface area (Å²) in [7, 11) is 1.84. The van der Waals surface area contributed by atoms with Crippen LogP contribution in [0.15, 0.2) is 35.3 Å². The summed E-state index contributed by atoms with van der Waals surface area (Å²) in [5.74, 6) is 1.34. The van der Waals surface area contributed by atoms with Gasteiger partial charge in [0.25, 0.3) is 0 Å². The maximum absolute atomic E-state index is 5.83. The van der Waals surface area contributed by atoms with Crippen LogP contribution < -0.4 is 10.6 Å². The molecule has 0 radical (unpaired) electrons. The van der Waals surface area contributed by atoms with Crippen molar-refractivity contribution in [1.29, 1.82) is 0 Å². The van der Waals surface area contributed by atoms with Gasteiger partial charge in [-0.25, -0.2) is 0 Å². The minimum Gasteiger partial charge on any atom is -0.376 e. The topological polar surface area (TPSA) is 48.9 Å². The second-order valence-corrected chi connectivity index (χ2v) is 7.61. The zero-order valence-corrected chi connectivity index (χ0v) is 16.9. The monoisotopic (exact) mass is 360 g/mol. The van der Waals surface area contributed by atoms with Gasteiger partial charge in [-0.1, -0.05) is 37.3 Å². The number of piperidine rings is 1. The molecule has 146 valence electrons. The lowest BCUT2D eigenvalue weighted by Gasteiger charge is -2.35. The average molecular weight is 361 g/mol. The van der Waals surface area contributed by atoms with E-state index in [1.807, 2.05) is 25.2 Å². The average Bonchev–Trinajstić information content (AvgIpc) is 2.66. The zero-order valence-electron chi connectivity index (χ0n) is 16.9. The summed E-state index contributed by atoms with van der Waals surface area (Å²) in [5, 5.41) is 7.02. The predicted molar refractivity (Wildman–Crippen MR) is 109 cm³/mol. The van der Waals surface area contributed by atoms with Gasteiger partial charge < -0.3 is 20.3 Å². The molecule has 26 heavy (non-hydrogen) atoms. The Morgan fingerprint density at radius 3 is 2.50 bits per heavy atom. The normalized spacial score (nSPS) is 18.1. The smallest absolute Gasteiger partial charge is 0.191 e. The van der Waals surface area contributed by atoms with Crippen molar-refractivity contribution < 1.29 is 4.74 Å². The van der Waals surface area contributed by atoms with Crippen LogP contribution in [0.1, 0.15) is 39.2 Å². The molecule has 1 aliphatic rings. The summed E-state index contributed by atoms with van der Waals surface area (Å²) >= 11 is 0. The first-order chi connectivity index (χ1) is 12.6. The third-order valence-corrected chi connectivity index (χ3v) is 4.96. The first kappa shape index (κ1) is 20.7. The van der Waals surface area contributed by atoms with E-state index < -0.39 is 0 Å². The van der Waals surface area contributed by atoms with E-state index in [1.54, 1.807) is 0 Å². The molecule has 0 amide bonds. The largest absolute Gasteiger partial charge is 0.376 e. The van der Waals surface area contributed by atoms with E-state index in [9.17, 15) is 0 Å². The van der Waals surface area contributed by atoms with E-state index >= 15 is 0 Å². The van der Waals surface area contributed by atoms with Gasteiger partial charge >= 0.3 is 0 Å². The molecule has 2 rings (SSSR count). The van der Waals surface area contributed by atoms with E-state index in [1.165, 1.54) is 18.4 Å². The Hall–Kier alpha value is -1.59. The highest BCUT2D eigenvalue weighted by atomic mass is 16.5. The number of rotatable bonds is 8. The molecule has 1 heterocycles. The number of hydrogen-bond acceptors (Lipinski definition) is 3. The van der Waals surface area contributed by atoms with Crippen LogP contribution in [0, 0.1) is 5.92 Å². The van der Waals surface area contributed by atoms with E-state index in [-0.39, 0.29) is 0 Å². The summed E-state index contributed by atoms with van der Waals surface area (Å²) < 4.78 is 5.83. The molecule has 0 aliphatic carbocycles.